The molecule has 1 heterocycles. The van der Waals surface area contributed by atoms with Crippen LogP contribution in [0.1, 0.15) is 26.2 Å². The van der Waals surface area contributed by atoms with Crippen molar-refractivity contribution in [3.63, 3.8) is 0 Å². The van der Waals surface area contributed by atoms with E-state index in [2.05, 4.69) is 11.9 Å². The molecule has 2 amide bonds. The Balaban J connectivity index is 2.23. The molecule has 1 rings (SSSR count). The number of likely N-dealkylation sites (tertiary alicyclic amines) is 1. The van der Waals surface area contributed by atoms with Crippen molar-refractivity contribution in [3.8, 4) is 0 Å². The second kappa shape index (κ2) is 8.58. The Labute approximate surface area is 119 Å². The van der Waals surface area contributed by atoms with E-state index in [1.165, 1.54) is 0 Å². The van der Waals surface area contributed by atoms with Gasteiger partial charge in [0.15, 0.2) is 0 Å². The molecule has 2 N–H and O–H groups in total. The summed E-state index contributed by atoms with van der Waals surface area (Å²) >= 11 is 0. The molecular weight excluding hydrogens is 260 g/mol. The highest BCUT2D eigenvalue weighted by Gasteiger charge is 2.31. The Kier molecular flexibility index (Phi) is 7.08. The lowest BCUT2D eigenvalue weighted by Crippen LogP contribution is -2.50. The van der Waals surface area contributed by atoms with Crippen LogP contribution >= 0.6 is 0 Å². The van der Waals surface area contributed by atoms with Gasteiger partial charge in [-0.2, -0.15) is 0 Å². The minimum atomic E-state index is -0.771. The Morgan fingerprint density at radius 1 is 1.50 bits per heavy atom. The van der Waals surface area contributed by atoms with Crippen LogP contribution < -0.4 is 5.32 Å². The van der Waals surface area contributed by atoms with Crippen LogP contribution in [-0.4, -0.2) is 54.4 Å². The van der Waals surface area contributed by atoms with E-state index in [-0.39, 0.29) is 18.0 Å². The van der Waals surface area contributed by atoms with Gasteiger partial charge in [0.2, 0.25) is 0 Å². The molecule has 6 nitrogen and oxygen atoms in total. The summed E-state index contributed by atoms with van der Waals surface area (Å²) in [6, 6.07) is -0.194. The van der Waals surface area contributed by atoms with E-state index in [0.717, 1.165) is 6.42 Å². The van der Waals surface area contributed by atoms with E-state index in [4.69, 9.17) is 9.84 Å². The maximum absolute atomic E-state index is 12.0. The fourth-order valence-electron chi connectivity index (χ4n) is 2.30. The van der Waals surface area contributed by atoms with Crippen molar-refractivity contribution in [3.05, 3.63) is 12.7 Å². The summed E-state index contributed by atoms with van der Waals surface area (Å²) < 4.78 is 5.30. The molecule has 0 spiro atoms. The molecule has 2 atom stereocenters. The number of hydrogen-bond acceptors (Lipinski definition) is 3. The molecule has 0 aromatic carbocycles. The van der Waals surface area contributed by atoms with Crippen molar-refractivity contribution >= 4 is 12.0 Å². The van der Waals surface area contributed by atoms with E-state index in [1.807, 2.05) is 6.92 Å². The normalized spacial score (nSPS) is 22.4. The highest BCUT2D eigenvalue weighted by Crippen LogP contribution is 2.22. The highest BCUT2D eigenvalue weighted by atomic mass is 16.5. The first-order chi connectivity index (χ1) is 9.56. The number of hydrogen-bond donors (Lipinski definition) is 2. The van der Waals surface area contributed by atoms with Crippen LogP contribution in [0.2, 0.25) is 0 Å². The number of carboxylic acids is 1. The lowest BCUT2D eigenvalue weighted by molar-refractivity contribution is -0.143. The van der Waals surface area contributed by atoms with Crippen molar-refractivity contribution < 1.29 is 19.4 Å². The number of aliphatic carboxylic acids is 1. The average molecular weight is 284 g/mol. The summed E-state index contributed by atoms with van der Waals surface area (Å²) in [5.74, 6) is -1.11. The van der Waals surface area contributed by atoms with Crippen LogP contribution in [-0.2, 0) is 9.53 Å². The number of ether oxygens (including phenoxy) is 1. The molecular formula is C14H24N2O4. The predicted octanol–water partition coefficient (Wildman–Crippen LogP) is 1.47. The first-order valence-electron chi connectivity index (χ1n) is 7.02. The van der Waals surface area contributed by atoms with Gasteiger partial charge in [-0.3, -0.25) is 4.79 Å². The minimum Gasteiger partial charge on any atom is -0.481 e. The number of carbonyl (C=O) groups excluding carboxylic acids is 1. The Morgan fingerprint density at radius 2 is 2.25 bits per heavy atom. The summed E-state index contributed by atoms with van der Waals surface area (Å²) in [6.07, 6.45) is 3.61. The lowest BCUT2D eigenvalue weighted by Gasteiger charge is -2.36. The van der Waals surface area contributed by atoms with Crippen molar-refractivity contribution in [2.24, 2.45) is 5.92 Å². The number of nitrogens with one attached hydrogen (secondary N) is 1. The third kappa shape index (κ3) is 5.21. The van der Waals surface area contributed by atoms with Gasteiger partial charge < -0.3 is 20.1 Å². The van der Waals surface area contributed by atoms with Crippen molar-refractivity contribution in [2.75, 3.05) is 26.3 Å². The molecule has 0 aromatic heterocycles. The number of carboxylic acid groups (broad SMARTS) is 1. The zero-order valence-electron chi connectivity index (χ0n) is 12.0. The number of amides is 2. The van der Waals surface area contributed by atoms with E-state index in [0.29, 0.717) is 39.1 Å². The SMILES string of the molecule is C=CCCOCCNC(=O)N1CCC(C(=O)O)CC1C. The Hall–Kier alpha value is -1.56. The second-order valence-corrected chi connectivity index (χ2v) is 5.02. The van der Waals surface area contributed by atoms with Gasteiger partial charge in [-0.1, -0.05) is 6.08 Å². The molecule has 0 radical (unpaired) electrons. The quantitative estimate of drug-likeness (QED) is 0.548. The number of rotatable bonds is 7. The minimum absolute atomic E-state index is 0.0495. The number of piperidine rings is 1. The standard InChI is InChI=1S/C14H24N2O4/c1-3-4-8-20-9-6-15-14(19)16-7-5-12(13(17)18)10-11(16)2/h3,11-12H,1,4-10H2,2H3,(H,15,19)(H,17,18). The monoisotopic (exact) mass is 284 g/mol. The maximum atomic E-state index is 12.0. The Morgan fingerprint density at radius 3 is 2.85 bits per heavy atom. The van der Waals surface area contributed by atoms with Crippen molar-refractivity contribution in [2.45, 2.75) is 32.2 Å². The fraction of sp³-hybridized carbons (Fsp3) is 0.714. The van der Waals surface area contributed by atoms with Gasteiger partial charge in [-0.15, -0.1) is 6.58 Å². The van der Waals surface area contributed by atoms with Gasteiger partial charge in [-0.25, -0.2) is 4.79 Å². The molecule has 0 bridgehead atoms. The van der Waals surface area contributed by atoms with Gasteiger partial charge in [0.05, 0.1) is 19.1 Å². The molecule has 1 aliphatic heterocycles. The molecule has 2 unspecified atom stereocenters. The summed E-state index contributed by atoms with van der Waals surface area (Å²) in [4.78, 5) is 24.6. The molecule has 114 valence electrons. The first kappa shape index (κ1) is 16.5. The number of urea groups is 1. The summed E-state index contributed by atoms with van der Waals surface area (Å²) in [5.41, 5.74) is 0. The largest absolute Gasteiger partial charge is 0.481 e. The molecule has 1 fully saturated rings. The first-order valence-corrected chi connectivity index (χ1v) is 7.02. The van der Waals surface area contributed by atoms with Crippen LogP contribution in [0.4, 0.5) is 4.79 Å². The third-order valence-corrected chi connectivity index (χ3v) is 3.48. The van der Waals surface area contributed by atoms with E-state index >= 15 is 0 Å². The molecule has 1 saturated heterocycles. The van der Waals surface area contributed by atoms with Gasteiger partial charge in [0.1, 0.15) is 0 Å². The molecule has 1 aliphatic rings. The summed E-state index contributed by atoms with van der Waals surface area (Å²) in [5, 5.41) is 11.8. The van der Waals surface area contributed by atoms with E-state index in [9.17, 15) is 9.59 Å². The van der Waals surface area contributed by atoms with Crippen LogP contribution in [0.25, 0.3) is 0 Å². The topological polar surface area (TPSA) is 78.9 Å². The van der Waals surface area contributed by atoms with Gasteiger partial charge in [-0.05, 0) is 26.2 Å². The fourth-order valence-corrected chi connectivity index (χ4v) is 2.30. The highest BCUT2D eigenvalue weighted by molar-refractivity contribution is 5.75. The zero-order valence-corrected chi connectivity index (χ0v) is 12.0. The average Bonchev–Trinajstić information content (AvgIpc) is 2.42. The zero-order chi connectivity index (χ0) is 15.0. The molecule has 0 saturated carbocycles. The number of carbonyl (C=O) groups is 2. The van der Waals surface area contributed by atoms with Gasteiger partial charge in [0.25, 0.3) is 0 Å². The van der Waals surface area contributed by atoms with Crippen molar-refractivity contribution in [1.82, 2.24) is 10.2 Å². The predicted molar refractivity (Wildman–Crippen MR) is 75.6 cm³/mol. The van der Waals surface area contributed by atoms with Gasteiger partial charge in [0, 0.05) is 19.1 Å². The smallest absolute Gasteiger partial charge is 0.317 e. The molecule has 0 aliphatic carbocycles. The van der Waals surface area contributed by atoms with Crippen LogP contribution in [0, 0.1) is 5.92 Å². The van der Waals surface area contributed by atoms with Crippen LogP contribution in [0.3, 0.4) is 0 Å². The Bertz CT molecular complexity index is 346. The summed E-state index contributed by atoms with van der Waals surface area (Å²) in [6.45, 7) is 7.51. The molecule has 0 aromatic rings. The number of nitrogens with zero attached hydrogens (tertiary/aromatic N) is 1. The maximum Gasteiger partial charge on any atom is 0.317 e. The third-order valence-electron chi connectivity index (χ3n) is 3.48. The lowest BCUT2D eigenvalue weighted by atomic mass is 9.92. The van der Waals surface area contributed by atoms with Crippen LogP contribution in [0.15, 0.2) is 12.7 Å². The van der Waals surface area contributed by atoms with E-state index < -0.39 is 5.97 Å². The molecule has 6 heteroatoms. The van der Waals surface area contributed by atoms with Crippen molar-refractivity contribution in [1.29, 1.82) is 0 Å². The second-order valence-electron chi connectivity index (χ2n) is 5.02. The summed E-state index contributed by atoms with van der Waals surface area (Å²) in [7, 11) is 0. The van der Waals surface area contributed by atoms with Gasteiger partial charge >= 0.3 is 12.0 Å². The van der Waals surface area contributed by atoms with E-state index in [1.54, 1.807) is 11.0 Å². The van der Waals surface area contributed by atoms with Crippen LogP contribution in [0.5, 0.6) is 0 Å². The molecule has 20 heavy (non-hydrogen) atoms.